The fraction of sp³-hybridized carbons (Fsp3) is 0.200. The minimum Gasteiger partial charge on any atom is -0.388 e. The Kier molecular flexibility index (Phi) is 4.05. The zero-order valence-electron chi connectivity index (χ0n) is 9.81. The molecule has 18 heavy (non-hydrogen) atoms. The molecule has 3 heteroatoms. The van der Waals surface area contributed by atoms with Crippen molar-refractivity contribution in [2.45, 2.75) is 18.9 Å². The van der Waals surface area contributed by atoms with Gasteiger partial charge in [-0.15, -0.1) is 0 Å². The molecule has 0 amide bonds. The molecule has 0 fully saturated rings. The predicted molar refractivity (Wildman–Crippen MR) is 66.1 cm³/mol. The molecule has 1 nitrogen and oxygen atoms in total. The standard InChI is InChI=1S/C15H14F2O/c16-13-8-7-12(10-14(13)17)15(18)9-6-11-4-2-1-3-5-11/h1-5,7-8,10,15,18H,6,9H2. The molecule has 1 unspecified atom stereocenters. The van der Waals surface area contributed by atoms with Gasteiger partial charge < -0.3 is 5.11 Å². The second-order valence-corrected chi connectivity index (χ2v) is 4.21. The maximum Gasteiger partial charge on any atom is 0.159 e. The van der Waals surface area contributed by atoms with Crippen molar-refractivity contribution in [2.24, 2.45) is 0 Å². The fourth-order valence-electron chi connectivity index (χ4n) is 1.83. The van der Waals surface area contributed by atoms with Crippen molar-refractivity contribution in [1.29, 1.82) is 0 Å². The average Bonchev–Trinajstić information content (AvgIpc) is 2.40. The molecule has 2 aromatic carbocycles. The van der Waals surface area contributed by atoms with Crippen molar-refractivity contribution < 1.29 is 13.9 Å². The van der Waals surface area contributed by atoms with E-state index in [1.807, 2.05) is 30.3 Å². The molecule has 1 atom stereocenters. The van der Waals surface area contributed by atoms with Crippen LogP contribution < -0.4 is 0 Å². The van der Waals surface area contributed by atoms with Crippen molar-refractivity contribution in [3.8, 4) is 0 Å². The summed E-state index contributed by atoms with van der Waals surface area (Å²) in [6.45, 7) is 0. The van der Waals surface area contributed by atoms with Crippen molar-refractivity contribution in [1.82, 2.24) is 0 Å². The second kappa shape index (κ2) is 5.74. The molecule has 0 heterocycles. The molecular formula is C15H14F2O. The SMILES string of the molecule is OC(CCc1ccccc1)c1ccc(F)c(F)c1. The lowest BCUT2D eigenvalue weighted by Crippen LogP contribution is -2.01. The van der Waals surface area contributed by atoms with Gasteiger partial charge in [-0.3, -0.25) is 0 Å². The van der Waals surface area contributed by atoms with Crippen LogP contribution in [0.3, 0.4) is 0 Å². The highest BCUT2D eigenvalue weighted by atomic mass is 19.2. The van der Waals surface area contributed by atoms with Crippen LogP contribution in [0.25, 0.3) is 0 Å². The van der Waals surface area contributed by atoms with Gasteiger partial charge in [-0.25, -0.2) is 8.78 Å². The summed E-state index contributed by atoms with van der Waals surface area (Å²) in [5.74, 6) is -1.82. The van der Waals surface area contributed by atoms with E-state index in [0.29, 0.717) is 18.4 Å². The molecule has 0 bridgehead atoms. The first-order valence-electron chi connectivity index (χ1n) is 5.84. The van der Waals surface area contributed by atoms with E-state index >= 15 is 0 Å². The molecule has 0 aromatic heterocycles. The predicted octanol–water partition coefficient (Wildman–Crippen LogP) is 3.63. The van der Waals surface area contributed by atoms with Gasteiger partial charge in [0.05, 0.1) is 6.10 Å². The quantitative estimate of drug-likeness (QED) is 0.876. The number of halogens is 2. The zero-order valence-corrected chi connectivity index (χ0v) is 9.81. The number of benzene rings is 2. The van der Waals surface area contributed by atoms with Crippen LogP contribution in [-0.2, 0) is 6.42 Å². The third-order valence-corrected chi connectivity index (χ3v) is 2.88. The van der Waals surface area contributed by atoms with Crippen LogP contribution in [0.1, 0.15) is 23.7 Å². The lowest BCUT2D eigenvalue weighted by atomic mass is 10.0. The van der Waals surface area contributed by atoms with E-state index < -0.39 is 17.7 Å². The van der Waals surface area contributed by atoms with Crippen molar-refractivity contribution >= 4 is 0 Å². The Bertz CT molecular complexity index is 511. The molecule has 0 saturated heterocycles. The van der Waals surface area contributed by atoms with Crippen molar-refractivity contribution in [3.63, 3.8) is 0 Å². The number of hydrogen-bond acceptors (Lipinski definition) is 1. The number of aryl methyl sites for hydroxylation is 1. The molecule has 1 N–H and O–H groups in total. The Morgan fingerprint density at radius 2 is 1.67 bits per heavy atom. The highest BCUT2D eigenvalue weighted by Gasteiger charge is 2.10. The van der Waals surface area contributed by atoms with Gasteiger partial charge in [0.1, 0.15) is 0 Å². The molecule has 0 aliphatic heterocycles. The summed E-state index contributed by atoms with van der Waals surface area (Å²) in [4.78, 5) is 0. The van der Waals surface area contributed by atoms with Crippen LogP contribution in [0.15, 0.2) is 48.5 Å². The summed E-state index contributed by atoms with van der Waals surface area (Å²) in [7, 11) is 0. The van der Waals surface area contributed by atoms with E-state index in [-0.39, 0.29) is 0 Å². The Balaban J connectivity index is 1.99. The lowest BCUT2D eigenvalue weighted by Gasteiger charge is -2.11. The third kappa shape index (κ3) is 3.14. The normalized spacial score (nSPS) is 12.4. The molecule has 0 radical (unpaired) electrons. The van der Waals surface area contributed by atoms with Gasteiger partial charge in [0.15, 0.2) is 11.6 Å². The van der Waals surface area contributed by atoms with E-state index in [0.717, 1.165) is 17.7 Å². The van der Waals surface area contributed by atoms with E-state index in [2.05, 4.69) is 0 Å². The van der Waals surface area contributed by atoms with Gasteiger partial charge in [-0.2, -0.15) is 0 Å². The van der Waals surface area contributed by atoms with Gasteiger partial charge >= 0.3 is 0 Å². The minimum absolute atomic E-state index is 0.407. The highest BCUT2D eigenvalue weighted by Crippen LogP contribution is 2.20. The topological polar surface area (TPSA) is 20.2 Å². The summed E-state index contributed by atoms with van der Waals surface area (Å²) in [5.41, 5.74) is 1.52. The summed E-state index contributed by atoms with van der Waals surface area (Å²) < 4.78 is 25.8. The molecule has 0 aliphatic rings. The molecule has 2 aromatic rings. The van der Waals surface area contributed by atoms with Crippen LogP contribution in [-0.4, -0.2) is 5.11 Å². The summed E-state index contributed by atoms with van der Waals surface area (Å²) in [5, 5.41) is 9.91. The Morgan fingerprint density at radius 3 is 2.33 bits per heavy atom. The third-order valence-electron chi connectivity index (χ3n) is 2.88. The number of hydrogen-bond donors (Lipinski definition) is 1. The fourth-order valence-corrected chi connectivity index (χ4v) is 1.83. The summed E-state index contributed by atoms with van der Waals surface area (Å²) in [6.07, 6.45) is 0.399. The van der Waals surface area contributed by atoms with Gasteiger partial charge in [-0.1, -0.05) is 36.4 Å². The highest BCUT2D eigenvalue weighted by molar-refractivity contribution is 5.21. The van der Waals surface area contributed by atoms with Crippen LogP contribution in [0, 0.1) is 11.6 Å². The van der Waals surface area contributed by atoms with E-state index in [9.17, 15) is 13.9 Å². The van der Waals surface area contributed by atoms with E-state index in [1.165, 1.54) is 6.07 Å². The average molecular weight is 248 g/mol. The zero-order chi connectivity index (χ0) is 13.0. The van der Waals surface area contributed by atoms with Gasteiger partial charge in [0.2, 0.25) is 0 Å². The summed E-state index contributed by atoms with van der Waals surface area (Å²) >= 11 is 0. The molecule has 2 rings (SSSR count). The molecule has 0 saturated carbocycles. The second-order valence-electron chi connectivity index (χ2n) is 4.21. The molecular weight excluding hydrogens is 234 g/mol. The number of rotatable bonds is 4. The van der Waals surface area contributed by atoms with Crippen LogP contribution in [0.4, 0.5) is 8.78 Å². The van der Waals surface area contributed by atoms with Gasteiger partial charge in [0.25, 0.3) is 0 Å². The maximum atomic E-state index is 13.0. The Morgan fingerprint density at radius 1 is 0.944 bits per heavy atom. The Labute approximate surface area is 105 Å². The maximum absolute atomic E-state index is 13.0. The first kappa shape index (κ1) is 12.7. The lowest BCUT2D eigenvalue weighted by molar-refractivity contribution is 0.167. The van der Waals surface area contributed by atoms with Crippen molar-refractivity contribution in [3.05, 3.63) is 71.3 Å². The van der Waals surface area contributed by atoms with Crippen LogP contribution in [0.2, 0.25) is 0 Å². The number of aliphatic hydroxyl groups is 1. The summed E-state index contributed by atoms with van der Waals surface area (Å²) in [6, 6.07) is 13.2. The Hall–Kier alpha value is -1.74. The van der Waals surface area contributed by atoms with Crippen LogP contribution in [0.5, 0.6) is 0 Å². The van der Waals surface area contributed by atoms with Crippen molar-refractivity contribution in [2.75, 3.05) is 0 Å². The molecule has 94 valence electrons. The van der Waals surface area contributed by atoms with Gasteiger partial charge in [0, 0.05) is 0 Å². The largest absolute Gasteiger partial charge is 0.388 e. The van der Waals surface area contributed by atoms with E-state index in [4.69, 9.17) is 0 Å². The first-order chi connectivity index (χ1) is 8.66. The molecule has 0 aliphatic carbocycles. The monoisotopic (exact) mass is 248 g/mol. The number of aliphatic hydroxyl groups excluding tert-OH is 1. The van der Waals surface area contributed by atoms with Gasteiger partial charge in [-0.05, 0) is 36.1 Å². The smallest absolute Gasteiger partial charge is 0.159 e. The molecule has 0 spiro atoms. The first-order valence-corrected chi connectivity index (χ1v) is 5.84. The van der Waals surface area contributed by atoms with Crippen LogP contribution >= 0.6 is 0 Å². The minimum atomic E-state index is -0.925. The van der Waals surface area contributed by atoms with E-state index in [1.54, 1.807) is 0 Å².